The molecule has 1 heterocycles. The van der Waals surface area contributed by atoms with Crippen LogP contribution in [0.5, 0.6) is 0 Å². The van der Waals surface area contributed by atoms with Crippen LogP contribution in [0.15, 0.2) is 18.2 Å². The number of amides is 1. The predicted octanol–water partition coefficient (Wildman–Crippen LogP) is 3.07. The maximum absolute atomic E-state index is 13.3. The zero-order valence-corrected chi connectivity index (χ0v) is 11.7. The first-order valence-corrected chi connectivity index (χ1v) is 6.34. The van der Waals surface area contributed by atoms with Gasteiger partial charge in [-0.15, -0.1) is 0 Å². The molecule has 0 saturated heterocycles. The Labute approximate surface area is 112 Å². The highest BCUT2D eigenvalue weighted by Gasteiger charge is 2.17. The average Bonchev–Trinajstić information content (AvgIpc) is 2.53. The number of carbonyl (C=O) groups is 1. The third kappa shape index (κ3) is 3.13. The molecular weight excluding hydrogens is 243 g/mol. The molecule has 1 aromatic heterocycles. The molecule has 0 bridgehead atoms. The number of hydrogen-bond donors (Lipinski definition) is 2. The lowest BCUT2D eigenvalue weighted by atomic mass is 10.0. The summed E-state index contributed by atoms with van der Waals surface area (Å²) in [6.45, 7) is 7.71. The van der Waals surface area contributed by atoms with E-state index in [0.717, 1.165) is 22.2 Å². The molecule has 0 aliphatic heterocycles. The van der Waals surface area contributed by atoms with E-state index >= 15 is 0 Å². The fourth-order valence-corrected chi connectivity index (χ4v) is 2.21. The van der Waals surface area contributed by atoms with Gasteiger partial charge in [0.15, 0.2) is 0 Å². The molecule has 0 unspecified atom stereocenters. The molecule has 2 N–H and O–H groups in total. The van der Waals surface area contributed by atoms with Crippen LogP contribution in [-0.2, 0) is 11.2 Å². The molecular formula is C15H19FN2O. The van der Waals surface area contributed by atoms with Gasteiger partial charge in [-0.05, 0) is 51.5 Å². The van der Waals surface area contributed by atoms with Crippen molar-refractivity contribution in [2.24, 2.45) is 0 Å². The lowest BCUT2D eigenvalue weighted by molar-refractivity contribution is -0.121. The fraction of sp³-hybridized carbons (Fsp3) is 0.400. The Morgan fingerprint density at radius 3 is 2.68 bits per heavy atom. The van der Waals surface area contributed by atoms with Crippen molar-refractivity contribution in [1.82, 2.24) is 10.3 Å². The Kier molecular flexibility index (Phi) is 3.35. The molecule has 0 aliphatic rings. The lowest BCUT2D eigenvalue weighted by Crippen LogP contribution is -2.41. The predicted molar refractivity (Wildman–Crippen MR) is 74.6 cm³/mol. The molecule has 0 fully saturated rings. The molecule has 2 rings (SSSR count). The van der Waals surface area contributed by atoms with Crippen LogP contribution in [0.4, 0.5) is 4.39 Å². The minimum atomic E-state index is -0.288. The van der Waals surface area contributed by atoms with Crippen LogP contribution in [0, 0.1) is 12.7 Å². The highest BCUT2D eigenvalue weighted by atomic mass is 19.1. The van der Waals surface area contributed by atoms with Crippen LogP contribution < -0.4 is 5.32 Å². The van der Waals surface area contributed by atoms with Gasteiger partial charge in [-0.3, -0.25) is 4.79 Å². The Morgan fingerprint density at radius 2 is 2.05 bits per heavy atom. The zero-order valence-electron chi connectivity index (χ0n) is 11.7. The minimum Gasteiger partial charge on any atom is -0.358 e. The van der Waals surface area contributed by atoms with Gasteiger partial charge < -0.3 is 10.3 Å². The number of aromatic amines is 1. The van der Waals surface area contributed by atoms with Gasteiger partial charge >= 0.3 is 0 Å². The summed E-state index contributed by atoms with van der Waals surface area (Å²) < 4.78 is 13.3. The Morgan fingerprint density at radius 1 is 1.37 bits per heavy atom. The summed E-state index contributed by atoms with van der Waals surface area (Å²) >= 11 is 0. The van der Waals surface area contributed by atoms with Gasteiger partial charge in [0, 0.05) is 22.1 Å². The zero-order chi connectivity index (χ0) is 14.2. The summed E-state index contributed by atoms with van der Waals surface area (Å²) in [4.78, 5) is 15.2. The molecule has 0 aliphatic carbocycles. The Bertz CT molecular complexity index is 623. The van der Waals surface area contributed by atoms with E-state index in [2.05, 4.69) is 10.3 Å². The fourth-order valence-electron chi connectivity index (χ4n) is 2.21. The van der Waals surface area contributed by atoms with Gasteiger partial charge in [-0.1, -0.05) is 0 Å². The van der Waals surface area contributed by atoms with E-state index in [1.807, 2.05) is 27.7 Å². The van der Waals surface area contributed by atoms with E-state index in [9.17, 15) is 9.18 Å². The van der Waals surface area contributed by atoms with Gasteiger partial charge in [0.05, 0.1) is 6.42 Å². The standard InChI is InChI=1S/C15H19FN2O/c1-9-11(8-14(19)18-15(2,3)4)12-7-10(16)5-6-13(12)17-9/h5-7,17H,8H2,1-4H3,(H,18,19). The van der Waals surface area contributed by atoms with Crippen molar-refractivity contribution in [3.63, 3.8) is 0 Å². The number of rotatable bonds is 2. The second-order valence-corrected chi connectivity index (χ2v) is 5.89. The molecule has 3 nitrogen and oxygen atoms in total. The topological polar surface area (TPSA) is 44.9 Å². The van der Waals surface area contributed by atoms with E-state index in [0.29, 0.717) is 0 Å². The molecule has 0 saturated carbocycles. The van der Waals surface area contributed by atoms with Crippen molar-refractivity contribution in [2.45, 2.75) is 39.7 Å². The normalized spacial score (nSPS) is 11.8. The summed E-state index contributed by atoms with van der Waals surface area (Å²) in [6, 6.07) is 4.58. The van der Waals surface area contributed by atoms with E-state index in [-0.39, 0.29) is 23.7 Å². The number of halogens is 1. The van der Waals surface area contributed by atoms with Crippen LogP contribution >= 0.6 is 0 Å². The number of carbonyl (C=O) groups excluding carboxylic acids is 1. The molecule has 19 heavy (non-hydrogen) atoms. The Balaban J connectivity index is 2.32. The number of benzene rings is 1. The summed E-state index contributed by atoms with van der Waals surface area (Å²) in [5.41, 5.74) is 2.36. The van der Waals surface area contributed by atoms with Crippen molar-refractivity contribution in [1.29, 1.82) is 0 Å². The van der Waals surface area contributed by atoms with Crippen molar-refractivity contribution in [3.8, 4) is 0 Å². The van der Waals surface area contributed by atoms with Crippen LogP contribution in [0.1, 0.15) is 32.0 Å². The summed E-state index contributed by atoms with van der Waals surface area (Å²) in [7, 11) is 0. The smallest absolute Gasteiger partial charge is 0.224 e. The maximum Gasteiger partial charge on any atom is 0.224 e. The molecule has 1 amide bonds. The largest absolute Gasteiger partial charge is 0.358 e. The van der Waals surface area contributed by atoms with Gasteiger partial charge in [0.25, 0.3) is 0 Å². The van der Waals surface area contributed by atoms with Gasteiger partial charge in [0.2, 0.25) is 5.91 Å². The summed E-state index contributed by atoms with van der Waals surface area (Å²) in [6.07, 6.45) is 0.257. The monoisotopic (exact) mass is 262 g/mol. The van der Waals surface area contributed by atoms with Crippen LogP contribution in [-0.4, -0.2) is 16.4 Å². The van der Waals surface area contributed by atoms with E-state index in [1.54, 1.807) is 6.07 Å². The van der Waals surface area contributed by atoms with Crippen molar-refractivity contribution >= 4 is 16.8 Å². The van der Waals surface area contributed by atoms with Gasteiger partial charge in [-0.25, -0.2) is 4.39 Å². The summed E-state index contributed by atoms with van der Waals surface area (Å²) in [5.74, 6) is -0.343. The first-order chi connectivity index (χ1) is 8.76. The first kappa shape index (κ1) is 13.6. The molecule has 0 spiro atoms. The SMILES string of the molecule is Cc1[nH]c2ccc(F)cc2c1CC(=O)NC(C)(C)C. The quantitative estimate of drug-likeness (QED) is 0.858. The summed E-state index contributed by atoms with van der Waals surface area (Å²) in [5, 5.41) is 3.70. The third-order valence-corrected chi connectivity index (χ3v) is 2.93. The average molecular weight is 262 g/mol. The Hall–Kier alpha value is -1.84. The van der Waals surface area contributed by atoms with Crippen molar-refractivity contribution in [3.05, 3.63) is 35.3 Å². The third-order valence-electron chi connectivity index (χ3n) is 2.93. The highest BCUT2D eigenvalue weighted by Crippen LogP contribution is 2.23. The molecule has 2 aromatic rings. The maximum atomic E-state index is 13.3. The van der Waals surface area contributed by atoms with E-state index < -0.39 is 0 Å². The number of H-pyrrole nitrogens is 1. The van der Waals surface area contributed by atoms with Crippen LogP contribution in [0.2, 0.25) is 0 Å². The van der Waals surface area contributed by atoms with Gasteiger partial charge in [0.1, 0.15) is 5.82 Å². The first-order valence-electron chi connectivity index (χ1n) is 6.34. The highest BCUT2D eigenvalue weighted by molar-refractivity contribution is 5.90. The second kappa shape index (κ2) is 4.68. The number of aryl methyl sites for hydroxylation is 1. The number of hydrogen-bond acceptors (Lipinski definition) is 1. The van der Waals surface area contributed by atoms with E-state index in [1.165, 1.54) is 12.1 Å². The minimum absolute atomic E-state index is 0.0549. The number of nitrogens with one attached hydrogen (secondary N) is 2. The van der Waals surface area contributed by atoms with E-state index in [4.69, 9.17) is 0 Å². The molecule has 0 radical (unpaired) electrons. The van der Waals surface area contributed by atoms with Gasteiger partial charge in [-0.2, -0.15) is 0 Å². The molecule has 4 heteroatoms. The lowest BCUT2D eigenvalue weighted by Gasteiger charge is -2.20. The second-order valence-electron chi connectivity index (χ2n) is 5.89. The molecule has 0 atom stereocenters. The molecule has 102 valence electrons. The number of aromatic nitrogens is 1. The molecule has 1 aromatic carbocycles. The van der Waals surface area contributed by atoms with Crippen molar-refractivity contribution < 1.29 is 9.18 Å². The van der Waals surface area contributed by atoms with Crippen LogP contribution in [0.25, 0.3) is 10.9 Å². The van der Waals surface area contributed by atoms with Crippen LogP contribution in [0.3, 0.4) is 0 Å². The number of fused-ring (bicyclic) bond motifs is 1. The van der Waals surface area contributed by atoms with Crippen molar-refractivity contribution in [2.75, 3.05) is 0 Å².